The number of nitrogens with zero attached hydrogens (tertiary/aromatic N) is 3. The fraction of sp³-hybridized carbons (Fsp3) is 0.409. The highest BCUT2D eigenvalue weighted by Crippen LogP contribution is 2.39. The number of urea groups is 1. The fourth-order valence-electron chi connectivity index (χ4n) is 3.39. The van der Waals surface area contributed by atoms with Crippen LogP contribution in [0.4, 0.5) is 4.79 Å². The van der Waals surface area contributed by atoms with Crippen LogP contribution in [0.25, 0.3) is 0 Å². The van der Waals surface area contributed by atoms with Crippen LogP contribution in [0.3, 0.4) is 0 Å². The van der Waals surface area contributed by atoms with Crippen LogP contribution < -0.4 is 14.8 Å². The molecule has 0 radical (unpaired) electrons. The quantitative estimate of drug-likeness (QED) is 0.676. The Balaban J connectivity index is 1.90. The van der Waals surface area contributed by atoms with E-state index in [1.54, 1.807) is 32.6 Å². The summed E-state index contributed by atoms with van der Waals surface area (Å²) in [7, 11) is 4.80. The van der Waals surface area contributed by atoms with Crippen molar-refractivity contribution >= 4 is 29.0 Å². The lowest BCUT2D eigenvalue weighted by molar-refractivity contribution is -0.133. The maximum absolute atomic E-state index is 13.2. The van der Waals surface area contributed by atoms with E-state index < -0.39 is 0 Å². The number of benzene rings is 1. The van der Waals surface area contributed by atoms with Crippen molar-refractivity contribution in [2.24, 2.45) is 5.10 Å². The number of amides is 3. The molecule has 1 aliphatic heterocycles. The molecule has 1 N–H and O–H groups in total. The molecule has 166 valence electrons. The molecule has 3 rings (SSSR count). The van der Waals surface area contributed by atoms with Gasteiger partial charge in [-0.2, -0.15) is 5.10 Å². The number of carbonyl (C=O) groups excluding carboxylic acids is 2. The Bertz CT molecular complexity index is 945. The number of hydrogen-bond acceptors (Lipinski definition) is 6. The number of methoxy groups -OCH3 is 2. The predicted molar refractivity (Wildman–Crippen MR) is 121 cm³/mol. The molecule has 0 spiro atoms. The monoisotopic (exact) mass is 444 g/mol. The van der Waals surface area contributed by atoms with Gasteiger partial charge in [0.25, 0.3) is 5.91 Å². The summed E-state index contributed by atoms with van der Waals surface area (Å²) in [5.74, 6) is 1.06. The van der Waals surface area contributed by atoms with Crippen LogP contribution in [-0.2, 0) is 4.79 Å². The highest BCUT2D eigenvalue weighted by atomic mass is 32.1. The normalized spacial score (nSPS) is 15.4. The first kappa shape index (κ1) is 22.6. The number of rotatable bonds is 8. The molecule has 3 amide bonds. The van der Waals surface area contributed by atoms with E-state index in [-0.39, 0.29) is 24.5 Å². The van der Waals surface area contributed by atoms with Gasteiger partial charge in [-0.15, -0.1) is 11.3 Å². The molecule has 0 saturated carbocycles. The van der Waals surface area contributed by atoms with E-state index in [0.717, 1.165) is 22.6 Å². The van der Waals surface area contributed by atoms with Gasteiger partial charge in [0.05, 0.1) is 30.9 Å². The number of hydrazone groups is 1. The summed E-state index contributed by atoms with van der Waals surface area (Å²) in [6.07, 6.45) is 1.37. The van der Waals surface area contributed by atoms with Crippen LogP contribution in [0.5, 0.6) is 11.5 Å². The first-order chi connectivity index (χ1) is 15.0. The van der Waals surface area contributed by atoms with E-state index >= 15 is 0 Å². The molecule has 1 atom stereocenters. The van der Waals surface area contributed by atoms with Gasteiger partial charge in [-0.25, -0.2) is 9.80 Å². The first-order valence-corrected chi connectivity index (χ1v) is 11.0. The van der Waals surface area contributed by atoms with Crippen molar-refractivity contribution < 1.29 is 19.1 Å². The summed E-state index contributed by atoms with van der Waals surface area (Å²) in [6.45, 7) is 2.45. The maximum atomic E-state index is 13.2. The molecule has 2 heterocycles. The minimum atomic E-state index is -0.359. The molecule has 0 bridgehead atoms. The lowest BCUT2D eigenvalue weighted by Gasteiger charge is -2.26. The second-order valence-electron chi connectivity index (χ2n) is 7.18. The van der Waals surface area contributed by atoms with Gasteiger partial charge in [-0.3, -0.25) is 4.79 Å². The topological polar surface area (TPSA) is 83.5 Å². The van der Waals surface area contributed by atoms with Crippen molar-refractivity contribution in [1.82, 2.24) is 15.2 Å². The average molecular weight is 445 g/mol. The minimum Gasteiger partial charge on any atom is -0.497 e. The van der Waals surface area contributed by atoms with E-state index in [9.17, 15) is 9.59 Å². The van der Waals surface area contributed by atoms with Gasteiger partial charge in [0.2, 0.25) is 0 Å². The molecule has 9 heteroatoms. The van der Waals surface area contributed by atoms with E-state index in [1.165, 1.54) is 9.91 Å². The summed E-state index contributed by atoms with van der Waals surface area (Å²) in [5, 5.41) is 10.9. The number of likely N-dealkylation sites (N-methyl/N-ethyl adjacent to an activating group) is 1. The SMILES string of the molecule is CCCNC(=O)N(C)CC(=O)N1N=C(c2cccs2)C[C@@H]1c1cc(OC)ccc1OC. The van der Waals surface area contributed by atoms with Crippen molar-refractivity contribution in [2.75, 3.05) is 34.4 Å². The zero-order valence-corrected chi connectivity index (χ0v) is 19.1. The molecule has 0 unspecified atom stereocenters. The van der Waals surface area contributed by atoms with E-state index in [0.29, 0.717) is 24.5 Å². The van der Waals surface area contributed by atoms with Crippen molar-refractivity contribution in [3.8, 4) is 11.5 Å². The number of ether oxygens (including phenoxy) is 2. The molecule has 2 aromatic rings. The Kier molecular flexibility index (Phi) is 7.51. The van der Waals surface area contributed by atoms with Gasteiger partial charge >= 0.3 is 6.03 Å². The predicted octanol–water partition coefficient (Wildman–Crippen LogP) is 3.49. The van der Waals surface area contributed by atoms with Gasteiger partial charge in [-0.1, -0.05) is 13.0 Å². The highest BCUT2D eigenvalue weighted by Gasteiger charge is 2.36. The Morgan fingerprint density at radius 2 is 2.10 bits per heavy atom. The molecular weight excluding hydrogens is 416 g/mol. The molecule has 1 aliphatic rings. The van der Waals surface area contributed by atoms with Gasteiger partial charge in [0.15, 0.2) is 0 Å². The molecule has 0 fully saturated rings. The summed E-state index contributed by atoms with van der Waals surface area (Å²) >= 11 is 1.58. The first-order valence-electron chi connectivity index (χ1n) is 10.1. The molecule has 1 aromatic carbocycles. The lowest BCUT2D eigenvalue weighted by atomic mass is 9.99. The number of hydrogen-bond donors (Lipinski definition) is 1. The summed E-state index contributed by atoms with van der Waals surface area (Å²) in [4.78, 5) is 27.8. The van der Waals surface area contributed by atoms with Crippen molar-refractivity contribution in [2.45, 2.75) is 25.8 Å². The van der Waals surface area contributed by atoms with Crippen LogP contribution in [0.2, 0.25) is 0 Å². The molecule has 8 nitrogen and oxygen atoms in total. The third kappa shape index (κ3) is 5.16. The van der Waals surface area contributed by atoms with Crippen LogP contribution in [0.1, 0.15) is 36.2 Å². The van der Waals surface area contributed by atoms with Crippen LogP contribution >= 0.6 is 11.3 Å². The van der Waals surface area contributed by atoms with Gasteiger partial charge in [0.1, 0.15) is 18.0 Å². The second kappa shape index (κ2) is 10.3. The van der Waals surface area contributed by atoms with Gasteiger partial charge in [0, 0.05) is 25.6 Å². The van der Waals surface area contributed by atoms with E-state index in [4.69, 9.17) is 9.47 Å². The van der Waals surface area contributed by atoms with Crippen molar-refractivity contribution in [1.29, 1.82) is 0 Å². The zero-order chi connectivity index (χ0) is 22.4. The van der Waals surface area contributed by atoms with Crippen molar-refractivity contribution in [3.05, 3.63) is 46.2 Å². The summed E-state index contributed by atoms with van der Waals surface area (Å²) in [6, 6.07) is 8.81. The van der Waals surface area contributed by atoms with E-state index in [1.807, 2.05) is 42.6 Å². The number of thiophene rings is 1. The third-order valence-electron chi connectivity index (χ3n) is 5.01. The largest absolute Gasteiger partial charge is 0.497 e. The number of nitrogens with one attached hydrogen (secondary N) is 1. The second-order valence-corrected chi connectivity index (χ2v) is 8.13. The molecular formula is C22H28N4O4S. The summed E-state index contributed by atoms with van der Waals surface area (Å²) in [5.41, 5.74) is 1.64. The molecule has 31 heavy (non-hydrogen) atoms. The Morgan fingerprint density at radius 1 is 1.29 bits per heavy atom. The molecule has 0 saturated heterocycles. The van der Waals surface area contributed by atoms with Crippen molar-refractivity contribution in [3.63, 3.8) is 0 Å². The van der Waals surface area contributed by atoms with Crippen LogP contribution in [0.15, 0.2) is 40.8 Å². The highest BCUT2D eigenvalue weighted by molar-refractivity contribution is 7.12. The zero-order valence-electron chi connectivity index (χ0n) is 18.3. The average Bonchev–Trinajstić information content (AvgIpc) is 3.46. The standard InChI is InChI=1S/C22H28N4O4S/c1-5-10-23-22(28)25(2)14-21(27)26-18(13-17(24-26)20-7-6-11-31-20)16-12-15(29-3)8-9-19(16)30-4/h6-9,11-12,18H,5,10,13-14H2,1-4H3,(H,23,28)/t18-/m1/s1. The van der Waals surface area contributed by atoms with Gasteiger partial charge < -0.3 is 19.7 Å². The summed E-state index contributed by atoms with van der Waals surface area (Å²) < 4.78 is 10.9. The Morgan fingerprint density at radius 3 is 2.74 bits per heavy atom. The Hall–Kier alpha value is -3.07. The van der Waals surface area contributed by atoms with Gasteiger partial charge in [-0.05, 0) is 36.1 Å². The molecule has 0 aliphatic carbocycles. The van der Waals surface area contributed by atoms with Crippen LogP contribution in [-0.4, -0.2) is 61.9 Å². The third-order valence-corrected chi connectivity index (χ3v) is 5.93. The minimum absolute atomic E-state index is 0.0838. The fourth-order valence-corrected chi connectivity index (χ4v) is 4.11. The van der Waals surface area contributed by atoms with Crippen LogP contribution in [0, 0.1) is 0 Å². The maximum Gasteiger partial charge on any atom is 0.317 e. The molecule has 1 aromatic heterocycles. The Labute approximate surface area is 186 Å². The smallest absolute Gasteiger partial charge is 0.317 e. The van der Waals surface area contributed by atoms with E-state index in [2.05, 4.69) is 10.4 Å². The lowest BCUT2D eigenvalue weighted by Crippen LogP contribution is -2.43. The number of carbonyl (C=O) groups is 2.